The molecule has 0 fully saturated rings. The summed E-state index contributed by atoms with van der Waals surface area (Å²) >= 11 is 6.12. The summed E-state index contributed by atoms with van der Waals surface area (Å²) in [5, 5.41) is 12.4. The summed E-state index contributed by atoms with van der Waals surface area (Å²) in [7, 11) is 1.47. The largest absolute Gasteiger partial charge is 0.496 e. The molecule has 0 saturated heterocycles. The number of carbonyl (C=O) groups is 2. The number of hydrogen-bond donors (Lipinski definition) is 2. The van der Waals surface area contributed by atoms with Crippen molar-refractivity contribution in [3.63, 3.8) is 0 Å². The van der Waals surface area contributed by atoms with E-state index in [0.29, 0.717) is 27.6 Å². The Balaban J connectivity index is 2.30. The van der Waals surface area contributed by atoms with Crippen molar-refractivity contribution in [2.45, 2.75) is 18.6 Å². The predicted octanol–water partition coefficient (Wildman–Crippen LogP) is 3.03. The van der Waals surface area contributed by atoms with Crippen LogP contribution in [0.3, 0.4) is 0 Å². The van der Waals surface area contributed by atoms with Crippen molar-refractivity contribution in [1.29, 1.82) is 0 Å². The summed E-state index contributed by atoms with van der Waals surface area (Å²) < 4.78 is 11.2. The van der Waals surface area contributed by atoms with Gasteiger partial charge in [-0.15, -0.1) is 0 Å². The van der Waals surface area contributed by atoms with E-state index in [4.69, 9.17) is 21.1 Å². The van der Waals surface area contributed by atoms with Crippen LogP contribution in [0, 0.1) is 0 Å². The third-order valence-electron chi connectivity index (χ3n) is 4.12. The second-order valence-corrected chi connectivity index (χ2v) is 6.06. The van der Waals surface area contributed by atoms with E-state index in [1.54, 1.807) is 42.5 Å². The number of carbonyl (C=O) groups excluding carboxylic acids is 1. The number of methoxy groups -OCH3 is 1. The summed E-state index contributed by atoms with van der Waals surface area (Å²) in [6.07, 6.45) is -1.24. The van der Waals surface area contributed by atoms with E-state index in [1.165, 1.54) is 14.0 Å². The number of nitrogens with one attached hydrogen (secondary N) is 1. The topological polar surface area (TPSA) is 84.9 Å². The number of fused-ring (bicyclic) bond motifs is 1. The first-order chi connectivity index (χ1) is 11.9. The molecule has 1 amide bonds. The zero-order valence-electron chi connectivity index (χ0n) is 13.6. The maximum Gasteiger partial charge on any atom is 0.332 e. The highest BCUT2D eigenvalue weighted by atomic mass is 35.5. The summed E-state index contributed by atoms with van der Waals surface area (Å²) in [5.74, 6) is -1.28. The van der Waals surface area contributed by atoms with Gasteiger partial charge >= 0.3 is 5.97 Å². The van der Waals surface area contributed by atoms with Crippen molar-refractivity contribution in [2.24, 2.45) is 0 Å². The van der Waals surface area contributed by atoms with Gasteiger partial charge in [-0.2, -0.15) is 0 Å². The molecule has 0 saturated carbocycles. The normalized spacial score (nSPS) is 19.9. The highest BCUT2D eigenvalue weighted by Crippen LogP contribution is 2.48. The van der Waals surface area contributed by atoms with Crippen molar-refractivity contribution in [2.75, 3.05) is 12.4 Å². The lowest BCUT2D eigenvalue weighted by atomic mass is 9.86. The molecule has 25 heavy (non-hydrogen) atoms. The molecule has 0 bridgehead atoms. The minimum atomic E-state index is -1.68. The van der Waals surface area contributed by atoms with Crippen molar-refractivity contribution in [3.8, 4) is 5.75 Å². The van der Waals surface area contributed by atoms with Crippen LogP contribution in [0.5, 0.6) is 5.75 Å². The van der Waals surface area contributed by atoms with Crippen molar-refractivity contribution < 1.29 is 24.2 Å². The monoisotopic (exact) mass is 361 g/mol. The highest BCUT2D eigenvalue weighted by molar-refractivity contribution is 6.31. The summed E-state index contributed by atoms with van der Waals surface area (Å²) in [5.41, 5.74) is -0.311. The molecule has 1 aliphatic heterocycles. The van der Waals surface area contributed by atoms with E-state index in [0.717, 1.165) is 0 Å². The molecule has 0 aromatic heterocycles. The van der Waals surface area contributed by atoms with Crippen LogP contribution < -0.4 is 10.1 Å². The molecule has 0 aliphatic carbocycles. The number of benzene rings is 2. The summed E-state index contributed by atoms with van der Waals surface area (Å²) in [6.45, 7) is 1.37. The second-order valence-electron chi connectivity index (χ2n) is 5.62. The fourth-order valence-electron chi connectivity index (χ4n) is 2.95. The number of anilines is 1. The number of hydrogen-bond acceptors (Lipinski definition) is 4. The van der Waals surface area contributed by atoms with Crippen LogP contribution in [-0.4, -0.2) is 30.2 Å². The molecule has 3 rings (SSSR count). The SMILES string of the molecule is COc1ccccc1C1(O[C@@H](C)C(=O)O)C(=O)Nc2ccc(Cl)cc21. The standard InChI is InChI=1S/C18H16ClNO5/c1-10(16(21)22)25-18(12-5-3-4-6-15(12)24-2)13-9-11(19)7-8-14(13)20-17(18)23/h3-10H,1-2H3,(H,20,23)(H,21,22)/t10-,18?/m0/s1. The molecule has 2 aromatic carbocycles. The van der Waals surface area contributed by atoms with Crippen LogP contribution in [0.15, 0.2) is 42.5 Å². The van der Waals surface area contributed by atoms with Gasteiger partial charge in [-0.05, 0) is 31.2 Å². The maximum absolute atomic E-state index is 13.0. The van der Waals surface area contributed by atoms with E-state index in [2.05, 4.69) is 5.32 Å². The first-order valence-electron chi connectivity index (χ1n) is 7.55. The number of carboxylic acids is 1. The lowest BCUT2D eigenvalue weighted by molar-refractivity contribution is -0.163. The van der Waals surface area contributed by atoms with Crippen LogP contribution in [0.25, 0.3) is 0 Å². The number of para-hydroxylation sites is 1. The van der Waals surface area contributed by atoms with Crippen LogP contribution in [0.4, 0.5) is 5.69 Å². The Bertz CT molecular complexity index is 853. The number of carboxylic acid groups (broad SMARTS) is 1. The molecule has 1 aliphatic rings. The number of halogens is 1. The third-order valence-corrected chi connectivity index (χ3v) is 4.35. The van der Waals surface area contributed by atoms with Crippen molar-refractivity contribution in [3.05, 3.63) is 58.6 Å². The molecule has 7 heteroatoms. The Morgan fingerprint density at radius 3 is 2.64 bits per heavy atom. The number of aliphatic carboxylic acids is 1. The molecule has 2 aromatic rings. The van der Waals surface area contributed by atoms with Gasteiger partial charge in [0.15, 0.2) is 6.10 Å². The Morgan fingerprint density at radius 2 is 1.96 bits per heavy atom. The van der Waals surface area contributed by atoms with Gasteiger partial charge < -0.3 is 19.9 Å². The van der Waals surface area contributed by atoms with Crippen LogP contribution in [0.2, 0.25) is 5.02 Å². The number of rotatable bonds is 5. The van der Waals surface area contributed by atoms with Crippen molar-refractivity contribution >= 4 is 29.2 Å². The molecule has 1 unspecified atom stereocenters. The van der Waals surface area contributed by atoms with E-state index in [9.17, 15) is 14.7 Å². The molecule has 130 valence electrons. The van der Waals surface area contributed by atoms with Crippen molar-refractivity contribution in [1.82, 2.24) is 0 Å². The Kier molecular flexibility index (Phi) is 4.41. The third kappa shape index (κ3) is 2.73. The van der Waals surface area contributed by atoms with Crippen LogP contribution in [-0.2, 0) is 19.9 Å². The average molecular weight is 362 g/mol. The number of amides is 1. The smallest absolute Gasteiger partial charge is 0.332 e. The first kappa shape index (κ1) is 17.3. The molecular formula is C18H16ClNO5. The fourth-order valence-corrected chi connectivity index (χ4v) is 3.12. The van der Waals surface area contributed by atoms with E-state index >= 15 is 0 Å². The van der Waals surface area contributed by atoms with Crippen LogP contribution >= 0.6 is 11.6 Å². The van der Waals surface area contributed by atoms with Gasteiger partial charge in [0.25, 0.3) is 5.91 Å². The molecule has 0 spiro atoms. The quantitative estimate of drug-likeness (QED) is 0.855. The van der Waals surface area contributed by atoms with E-state index < -0.39 is 23.6 Å². The zero-order valence-corrected chi connectivity index (χ0v) is 14.3. The van der Waals surface area contributed by atoms with Gasteiger partial charge in [-0.1, -0.05) is 29.8 Å². The maximum atomic E-state index is 13.0. The second kappa shape index (κ2) is 6.38. The van der Waals surface area contributed by atoms with Gasteiger partial charge in [-0.3, -0.25) is 4.79 Å². The molecule has 1 heterocycles. The minimum absolute atomic E-state index is 0.404. The fraction of sp³-hybridized carbons (Fsp3) is 0.222. The lowest BCUT2D eigenvalue weighted by Crippen LogP contribution is -2.43. The Labute approximate surface area is 149 Å². The van der Waals surface area contributed by atoms with Gasteiger partial charge in [0.2, 0.25) is 5.60 Å². The lowest BCUT2D eigenvalue weighted by Gasteiger charge is -2.31. The molecular weight excluding hydrogens is 346 g/mol. The van der Waals surface area contributed by atoms with Gasteiger partial charge in [-0.25, -0.2) is 4.79 Å². The van der Waals surface area contributed by atoms with Gasteiger partial charge in [0, 0.05) is 21.8 Å². The van der Waals surface area contributed by atoms with Gasteiger partial charge in [0.05, 0.1) is 7.11 Å². The molecule has 2 N–H and O–H groups in total. The average Bonchev–Trinajstić information content (AvgIpc) is 2.87. The summed E-state index contributed by atoms with van der Waals surface area (Å²) in [4.78, 5) is 24.4. The molecule has 0 radical (unpaired) electrons. The summed E-state index contributed by atoms with van der Waals surface area (Å²) in [6, 6.07) is 11.7. The van der Waals surface area contributed by atoms with E-state index in [1.807, 2.05) is 0 Å². The Morgan fingerprint density at radius 1 is 1.24 bits per heavy atom. The number of ether oxygens (including phenoxy) is 2. The van der Waals surface area contributed by atoms with E-state index in [-0.39, 0.29) is 0 Å². The minimum Gasteiger partial charge on any atom is -0.496 e. The first-order valence-corrected chi connectivity index (χ1v) is 7.93. The predicted molar refractivity (Wildman–Crippen MR) is 92.0 cm³/mol. The Hall–Kier alpha value is -2.57. The van der Waals surface area contributed by atoms with Gasteiger partial charge in [0.1, 0.15) is 5.75 Å². The molecule has 2 atom stereocenters. The van der Waals surface area contributed by atoms with Crippen LogP contribution in [0.1, 0.15) is 18.1 Å². The highest BCUT2D eigenvalue weighted by Gasteiger charge is 2.53. The molecule has 6 nitrogen and oxygen atoms in total. The zero-order chi connectivity index (χ0) is 18.2.